The SMILES string of the molecule is c1ccc(-c2ccc(N(c3ccc(-c4ccc(N(c5ccc(-c6ccccc6)cc5)c5ccc6oc7ccccc7c6c5)c(-c5ccccc5)c4)cc3)c3ccc4oc5ccccc5c4c3)cc2)cc1. The molecule has 11 aromatic carbocycles. The van der Waals surface area contributed by atoms with Crippen molar-refractivity contribution in [1.29, 1.82) is 0 Å². The van der Waals surface area contributed by atoms with E-state index in [1.807, 2.05) is 24.3 Å². The van der Waals surface area contributed by atoms with Gasteiger partial charge in [0.25, 0.3) is 0 Å². The van der Waals surface area contributed by atoms with Crippen LogP contribution in [0.2, 0.25) is 0 Å². The van der Waals surface area contributed by atoms with Crippen molar-refractivity contribution in [3.05, 3.63) is 267 Å². The number of hydrogen-bond donors (Lipinski definition) is 0. The molecule has 70 heavy (non-hydrogen) atoms. The molecule has 13 aromatic rings. The third kappa shape index (κ3) is 7.45. The number of benzene rings is 11. The quantitative estimate of drug-likeness (QED) is 0.137. The van der Waals surface area contributed by atoms with Gasteiger partial charge in [0.1, 0.15) is 22.3 Å². The van der Waals surface area contributed by atoms with Crippen LogP contribution in [-0.4, -0.2) is 0 Å². The van der Waals surface area contributed by atoms with Gasteiger partial charge in [0.15, 0.2) is 0 Å². The first-order chi connectivity index (χ1) is 34.7. The largest absolute Gasteiger partial charge is 0.456 e. The van der Waals surface area contributed by atoms with E-state index in [0.717, 1.165) is 100 Å². The highest BCUT2D eigenvalue weighted by Gasteiger charge is 2.21. The molecular formula is C66H44N2O2. The van der Waals surface area contributed by atoms with Crippen LogP contribution in [0.4, 0.5) is 34.1 Å². The highest BCUT2D eigenvalue weighted by Crippen LogP contribution is 2.46. The topological polar surface area (TPSA) is 32.8 Å². The Morgan fingerprint density at radius 2 is 0.557 bits per heavy atom. The van der Waals surface area contributed by atoms with E-state index in [1.165, 1.54) is 22.3 Å². The highest BCUT2D eigenvalue weighted by molar-refractivity contribution is 6.08. The highest BCUT2D eigenvalue weighted by atomic mass is 16.3. The molecule has 0 radical (unpaired) electrons. The smallest absolute Gasteiger partial charge is 0.135 e. The molecule has 0 fully saturated rings. The number of para-hydroxylation sites is 2. The second-order valence-electron chi connectivity index (χ2n) is 17.7. The van der Waals surface area contributed by atoms with Crippen LogP contribution in [0, 0.1) is 0 Å². The first-order valence-corrected chi connectivity index (χ1v) is 23.7. The number of anilines is 6. The molecule has 0 spiro atoms. The van der Waals surface area contributed by atoms with Crippen LogP contribution < -0.4 is 9.80 Å². The molecule has 330 valence electrons. The Morgan fingerprint density at radius 3 is 1.04 bits per heavy atom. The Hall–Kier alpha value is -9.38. The normalized spacial score (nSPS) is 11.4. The summed E-state index contributed by atoms with van der Waals surface area (Å²) >= 11 is 0. The van der Waals surface area contributed by atoms with E-state index in [0.29, 0.717) is 0 Å². The van der Waals surface area contributed by atoms with E-state index in [1.54, 1.807) is 0 Å². The van der Waals surface area contributed by atoms with Crippen molar-refractivity contribution in [3.63, 3.8) is 0 Å². The first kappa shape index (κ1) is 40.9. The van der Waals surface area contributed by atoms with E-state index in [-0.39, 0.29) is 0 Å². The van der Waals surface area contributed by atoms with Gasteiger partial charge in [0.2, 0.25) is 0 Å². The van der Waals surface area contributed by atoms with Crippen molar-refractivity contribution < 1.29 is 8.83 Å². The summed E-state index contributed by atoms with van der Waals surface area (Å²) in [6.07, 6.45) is 0. The molecule has 0 unspecified atom stereocenters. The fraction of sp³-hybridized carbons (Fsp3) is 0. The zero-order valence-corrected chi connectivity index (χ0v) is 38.1. The average Bonchev–Trinajstić information content (AvgIpc) is 4.00. The fourth-order valence-electron chi connectivity index (χ4n) is 10.0. The van der Waals surface area contributed by atoms with E-state index >= 15 is 0 Å². The minimum Gasteiger partial charge on any atom is -0.456 e. The summed E-state index contributed by atoms with van der Waals surface area (Å²) in [5.41, 5.74) is 19.0. The lowest BCUT2D eigenvalue weighted by Gasteiger charge is -2.29. The van der Waals surface area contributed by atoms with Crippen LogP contribution in [0.3, 0.4) is 0 Å². The Balaban J connectivity index is 0.925. The maximum Gasteiger partial charge on any atom is 0.135 e. The van der Waals surface area contributed by atoms with Crippen molar-refractivity contribution in [2.75, 3.05) is 9.80 Å². The lowest BCUT2D eigenvalue weighted by atomic mass is 9.95. The Bertz CT molecular complexity index is 3970. The molecular weight excluding hydrogens is 853 g/mol. The Kier molecular flexibility index (Phi) is 10.1. The summed E-state index contributed by atoms with van der Waals surface area (Å²) < 4.78 is 12.6. The molecule has 4 nitrogen and oxygen atoms in total. The number of rotatable bonds is 10. The molecule has 0 aliphatic rings. The summed E-state index contributed by atoms with van der Waals surface area (Å²) in [6.45, 7) is 0. The third-order valence-corrected chi connectivity index (χ3v) is 13.5. The maximum atomic E-state index is 6.32. The van der Waals surface area contributed by atoms with Crippen LogP contribution in [-0.2, 0) is 0 Å². The Labute approximate surface area is 406 Å². The van der Waals surface area contributed by atoms with Gasteiger partial charge in [-0.05, 0) is 136 Å². The second-order valence-corrected chi connectivity index (χ2v) is 17.7. The molecule has 0 N–H and O–H groups in total. The minimum atomic E-state index is 0.865. The number of furan rings is 2. The van der Waals surface area contributed by atoms with Crippen LogP contribution in [0.5, 0.6) is 0 Å². The molecule has 0 atom stereocenters. The van der Waals surface area contributed by atoms with E-state index in [4.69, 9.17) is 8.83 Å². The standard InChI is InChI=1S/C66H44N2O2/c1-4-14-45(15-5-1)47-24-31-52(32-25-47)67(55-37-40-65-60(43-55)57-20-10-12-22-63(57)69-65)53-33-28-49(29-34-53)51-30-39-62(59(42-51)50-18-8-3-9-19-50)68(54-35-26-48(27-36-54)46-16-6-2-7-17-46)56-38-41-66-61(44-56)58-21-11-13-23-64(58)70-66/h1-44H. The second kappa shape index (κ2) is 17.4. The van der Waals surface area contributed by atoms with Crippen LogP contribution in [0.15, 0.2) is 276 Å². The van der Waals surface area contributed by atoms with Crippen molar-refractivity contribution in [2.24, 2.45) is 0 Å². The molecule has 0 saturated carbocycles. The van der Waals surface area contributed by atoms with Gasteiger partial charge in [-0.2, -0.15) is 0 Å². The molecule has 0 aliphatic heterocycles. The van der Waals surface area contributed by atoms with E-state index in [2.05, 4.69) is 252 Å². The molecule has 0 bridgehead atoms. The number of hydrogen-bond acceptors (Lipinski definition) is 4. The van der Waals surface area contributed by atoms with Gasteiger partial charge in [0, 0.05) is 55.5 Å². The lowest BCUT2D eigenvalue weighted by molar-refractivity contribution is 0.668. The fourth-order valence-corrected chi connectivity index (χ4v) is 10.0. The van der Waals surface area contributed by atoms with Gasteiger partial charge in [0.05, 0.1) is 5.69 Å². The zero-order valence-electron chi connectivity index (χ0n) is 38.1. The van der Waals surface area contributed by atoms with Crippen LogP contribution in [0.25, 0.3) is 88.4 Å². The lowest BCUT2D eigenvalue weighted by Crippen LogP contribution is -2.11. The van der Waals surface area contributed by atoms with Gasteiger partial charge < -0.3 is 18.6 Å². The van der Waals surface area contributed by atoms with Gasteiger partial charge in [-0.25, -0.2) is 0 Å². The molecule has 2 aromatic heterocycles. The average molecular weight is 897 g/mol. The van der Waals surface area contributed by atoms with Gasteiger partial charge in [-0.15, -0.1) is 0 Å². The summed E-state index contributed by atoms with van der Waals surface area (Å²) in [5, 5.41) is 4.36. The minimum absolute atomic E-state index is 0.865. The van der Waals surface area contributed by atoms with E-state index in [9.17, 15) is 0 Å². The summed E-state index contributed by atoms with van der Waals surface area (Å²) in [7, 11) is 0. The Morgan fingerprint density at radius 1 is 0.214 bits per heavy atom. The molecule has 0 amide bonds. The van der Waals surface area contributed by atoms with Crippen molar-refractivity contribution in [2.45, 2.75) is 0 Å². The van der Waals surface area contributed by atoms with Gasteiger partial charge >= 0.3 is 0 Å². The van der Waals surface area contributed by atoms with Gasteiger partial charge in [-0.1, -0.05) is 170 Å². The van der Waals surface area contributed by atoms with Crippen molar-refractivity contribution >= 4 is 78.0 Å². The zero-order chi connectivity index (χ0) is 46.4. The molecule has 0 saturated heterocycles. The van der Waals surface area contributed by atoms with Crippen molar-refractivity contribution in [1.82, 2.24) is 0 Å². The third-order valence-electron chi connectivity index (χ3n) is 13.5. The van der Waals surface area contributed by atoms with Gasteiger partial charge in [-0.3, -0.25) is 0 Å². The van der Waals surface area contributed by atoms with E-state index < -0.39 is 0 Å². The molecule has 2 heterocycles. The number of fused-ring (bicyclic) bond motifs is 6. The molecule has 13 rings (SSSR count). The summed E-state index contributed by atoms with van der Waals surface area (Å²) in [6, 6.07) is 95.0. The monoisotopic (exact) mass is 896 g/mol. The predicted octanol–water partition coefficient (Wildman–Crippen LogP) is 19.1. The molecule has 4 heteroatoms. The predicted molar refractivity (Wildman–Crippen MR) is 292 cm³/mol. The van der Waals surface area contributed by atoms with Crippen LogP contribution >= 0.6 is 0 Å². The number of nitrogens with zero attached hydrogens (tertiary/aromatic N) is 2. The first-order valence-electron chi connectivity index (χ1n) is 23.7. The maximum absolute atomic E-state index is 6.32. The van der Waals surface area contributed by atoms with Crippen LogP contribution in [0.1, 0.15) is 0 Å². The van der Waals surface area contributed by atoms with Crippen molar-refractivity contribution in [3.8, 4) is 44.5 Å². The summed E-state index contributed by atoms with van der Waals surface area (Å²) in [4.78, 5) is 4.71. The molecule has 0 aliphatic carbocycles. The summed E-state index contributed by atoms with van der Waals surface area (Å²) in [5.74, 6) is 0.